The van der Waals surface area contributed by atoms with Gasteiger partial charge < -0.3 is 4.74 Å². The van der Waals surface area contributed by atoms with E-state index in [0.29, 0.717) is 7.11 Å². The quantitative estimate of drug-likeness (QED) is 0.655. The zero-order valence-corrected chi connectivity index (χ0v) is 6.26. The minimum Gasteiger partial charge on any atom is -0.378 e. The van der Waals surface area contributed by atoms with Gasteiger partial charge in [0, 0.05) is 7.11 Å². The van der Waals surface area contributed by atoms with Crippen molar-refractivity contribution >= 4 is 0 Å². The number of hydrogen-bond donors (Lipinski definition) is 0. The van der Waals surface area contributed by atoms with E-state index in [1.807, 2.05) is 0 Å². The third-order valence-electron chi connectivity index (χ3n) is 1.14. The minimum atomic E-state index is -6.28. The lowest BCUT2D eigenvalue weighted by molar-refractivity contribution is -0.360. The van der Waals surface area contributed by atoms with Crippen LogP contribution in [0.1, 0.15) is 0 Å². The van der Waals surface area contributed by atoms with Gasteiger partial charge in [-0.2, -0.15) is 30.7 Å². The normalized spacial score (nSPS) is 14.8. The van der Waals surface area contributed by atoms with Crippen LogP contribution in [-0.4, -0.2) is 31.7 Å². The highest BCUT2D eigenvalue weighted by molar-refractivity contribution is 4.90. The molecule has 0 spiro atoms. The standard InChI is InChI=1S/C5H5F7O/c1-13-2-3(6,7)4(8,9)5(10,11)12/h2H2,1H3. The smallest absolute Gasteiger partial charge is 0.378 e. The summed E-state index contributed by atoms with van der Waals surface area (Å²) in [4.78, 5) is 0. The molecule has 0 bridgehead atoms. The van der Waals surface area contributed by atoms with Crippen LogP contribution >= 0.6 is 0 Å². The second kappa shape index (κ2) is 3.32. The van der Waals surface area contributed by atoms with Crippen LogP contribution in [-0.2, 0) is 4.74 Å². The summed E-state index contributed by atoms with van der Waals surface area (Å²) >= 11 is 0. The molecule has 0 aromatic rings. The molecule has 0 fully saturated rings. The molecule has 8 heteroatoms. The van der Waals surface area contributed by atoms with E-state index in [0.717, 1.165) is 0 Å². The highest BCUT2D eigenvalue weighted by Gasteiger charge is 2.72. The Morgan fingerprint density at radius 3 is 1.54 bits per heavy atom. The topological polar surface area (TPSA) is 9.23 Å². The molecule has 0 radical (unpaired) electrons. The van der Waals surface area contributed by atoms with E-state index < -0.39 is 24.6 Å². The number of halogens is 7. The largest absolute Gasteiger partial charge is 0.459 e. The first-order chi connectivity index (χ1) is 5.56. The van der Waals surface area contributed by atoms with Crippen molar-refractivity contribution < 1.29 is 35.5 Å². The van der Waals surface area contributed by atoms with Crippen molar-refractivity contribution in [1.82, 2.24) is 0 Å². The molecule has 0 atom stereocenters. The molecule has 80 valence electrons. The van der Waals surface area contributed by atoms with E-state index in [2.05, 4.69) is 4.74 Å². The lowest BCUT2D eigenvalue weighted by Crippen LogP contribution is -2.54. The van der Waals surface area contributed by atoms with Gasteiger partial charge in [0.15, 0.2) is 0 Å². The van der Waals surface area contributed by atoms with Crippen molar-refractivity contribution in [3.05, 3.63) is 0 Å². The second-order valence-electron chi connectivity index (χ2n) is 2.21. The van der Waals surface area contributed by atoms with Gasteiger partial charge in [-0.05, 0) is 0 Å². The highest BCUT2D eigenvalue weighted by atomic mass is 19.4. The Morgan fingerprint density at radius 2 is 1.31 bits per heavy atom. The minimum absolute atomic E-state index is 0.598. The number of alkyl halides is 7. The monoisotopic (exact) mass is 214 g/mol. The van der Waals surface area contributed by atoms with Crippen LogP contribution in [0, 0.1) is 0 Å². The van der Waals surface area contributed by atoms with E-state index >= 15 is 0 Å². The van der Waals surface area contributed by atoms with Gasteiger partial charge in [0.1, 0.15) is 6.61 Å². The SMILES string of the molecule is COCC(F)(F)C(F)(F)C(F)(F)F. The molecule has 0 aliphatic carbocycles. The van der Waals surface area contributed by atoms with Crippen molar-refractivity contribution in [2.45, 2.75) is 18.0 Å². The Kier molecular flexibility index (Phi) is 3.18. The number of methoxy groups -OCH3 is 1. The summed E-state index contributed by atoms with van der Waals surface area (Å²) in [5.74, 6) is -11.3. The molecule has 0 aromatic carbocycles. The molecule has 13 heavy (non-hydrogen) atoms. The van der Waals surface area contributed by atoms with Crippen LogP contribution in [0.25, 0.3) is 0 Å². The molecule has 0 heterocycles. The molecule has 0 rings (SSSR count). The molecule has 0 saturated heterocycles. The molecule has 1 nitrogen and oxygen atoms in total. The zero-order chi connectivity index (χ0) is 10.9. The van der Waals surface area contributed by atoms with Gasteiger partial charge in [-0.3, -0.25) is 0 Å². The number of rotatable bonds is 3. The number of hydrogen-bond acceptors (Lipinski definition) is 1. The van der Waals surface area contributed by atoms with Crippen LogP contribution in [0.2, 0.25) is 0 Å². The predicted molar refractivity (Wildman–Crippen MR) is 27.8 cm³/mol. The Balaban J connectivity index is 4.81. The number of ether oxygens (including phenoxy) is 1. The maximum atomic E-state index is 12.1. The van der Waals surface area contributed by atoms with Gasteiger partial charge in [-0.1, -0.05) is 0 Å². The summed E-state index contributed by atoms with van der Waals surface area (Å²) in [6, 6.07) is 0. The maximum Gasteiger partial charge on any atom is 0.459 e. The molecule has 0 aromatic heterocycles. The first-order valence-electron chi connectivity index (χ1n) is 2.87. The van der Waals surface area contributed by atoms with E-state index in [1.165, 1.54) is 0 Å². The van der Waals surface area contributed by atoms with Crippen LogP contribution in [0.5, 0.6) is 0 Å². The van der Waals surface area contributed by atoms with Crippen LogP contribution < -0.4 is 0 Å². The van der Waals surface area contributed by atoms with Gasteiger partial charge in [0.05, 0.1) is 0 Å². The summed E-state index contributed by atoms with van der Waals surface area (Å²) in [6.45, 7) is -1.99. The fourth-order valence-electron chi connectivity index (χ4n) is 0.479. The summed E-state index contributed by atoms with van der Waals surface area (Å²) in [7, 11) is 0.598. The lowest BCUT2D eigenvalue weighted by atomic mass is 10.2. The van der Waals surface area contributed by atoms with E-state index in [-0.39, 0.29) is 0 Å². The summed E-state index contributed by atoms with van der Waals surface area (Å²) in [5.41, 5.74) is 0. The average Bonchev–Trinajstić information content (AvgIpc) is 1.84. The van der Waals surface area contributed by atoms with Crippen molar-refractivity contribution in [2.24, 2.45) is 0 Å². The summed E-state index contributed by atoms with van der Waals surface area (Å²) in [5, 5.41) is 0. The Morgan fingerprint density at radius 1 is 0.923 bits per heavy atom. The maximum absolute atomic E-state index is 12.1. The van der Waals surface area contributed by atoms with Gasteiger partial charge in [0.25, 0.3) is 0 Å². The first kappa shape index (κ1) is 12.5. The Hall–Kier alpha value is -0.530. The lowest BCUT2D eigenvalue weighted by Gasteiger charge is -2.27. The van der Waals surface area contributed by atoms with Gasteiger partial charge in [-0.15, -0.1) is 0 Å². The molecule has 0 unspecified atom stereocenters. The third kappa shape index (κ3) is 2.23. The Bertz CT molecular complexity index is 172. The van der Waals surface area contributed by atoms with Gasteiger partial charge in [-0.25, -0.2) is 0 Å². The van der Waals surface area contributed by atoms with Crippen molar-refractivity contribution in [3.63, 3.8) is 0 Å². The van der Waals surface area contributed by atoms with Crippen molar-refractivity contribution in [3.8, 4) is 0 Å². The van der Waals surface area contributed by atoms with Crippen molar-refractivity contribution in [2.75, 3.05) is 13.7 Å². The molecule has 0 aliphatic heterocycles. The van der Waals surface area contributed by atoms with Crippen LogP contribution in [0.15, 0.2) is 0 Å². The van der Waals surface area contributed by atoms with Gasteiger partial charge >= 0.3 is 18.0 Å². The summed E-state index contributed by atoms with van der Waals surface area (Å²) < 4.78 is 85.7. The van der Waals surface area contributed by atoms with Crippen LogP contribution in [0.3, 0.4) is 0 Å². The van der Waals surface area contributed by atoms with E-state index in [4.69, 9.17) is 0 Å². The average molecular weight is 214 g/mol. The fraction of sp³-hybridized carbons (Fsp3) is 1.00. The van der Waals surface area contributed by atoms with E-state index in [1.54, 1.807) is 0 Å². The third-order valence-corrected chi connectivity index (χ3v) is 1.14. The highest BCUT2D eigenvalue weighted by Crippen LogP contribution is 2.46. The molecule has 0 N–H and O–H groups in total. The second-order valence-corrected chi connectivity index (χ2v) is 2.21. The molecular formula is C5H5F7O. The molecule has 0 aliphatic rings. The van der Waals surface area contributed by atoms with Crippen molar-refractivity contribution in [1.29, 1.82) is 0 Å². The van der Waals surface area contributed by atoms with Crippen LogP contribution in [0.4, 0.5) is 30.7 Å². The fourth-order valence-corrected chi connectivity index (χ4v) is 0.479. The van der Waals surface area contributed by atoms with E-state index in [9.17, 15) is 30.7 Å². The zero-order valence-electron chi connectivity index (χ0n) is 6.26. The Labute approximate surface area is 68.5 Å². The first-order valence-corrected chi connectivity index (χ1v) is 2.87. The molecule has 0 amide bonds. The molecule has 0 saturated carbocycles. The predicted octanol–water partition coefficient (Wildman–Crippen LogP) is 2.47. The summed E-state index contributed by atoms with van der Waals surface area (Å²) in [6.07, 6.45) is -6.28. The molecular weight excluding hydrogens is 209 g/mol. The van der Waals surface area contributed by atoms with Gasteiger partial charge in [0.2, 0.25) is 0 Å².